The van der Waals surface area contributed by atoms with Crippen molar-refractivity contribution in [3.8, 4) is 0 Å². The zero-order valence-electron chi connectivity index (χ0n) is 16.3. The number of rotatable bonds is 1. The van der Waals surface area contributed by atoms with Crippen molar-refractivity contribution in [3.63, 3.8) is 0 Å². The maximum atomic E-state index is 12.0. The van der Waals surface area contributed by atoms with E-state index in [2.05, 4.69) is 24.2 Å². The van der Waals surface area contributed by atoms with Crippen LogP contribution in [0.3, 0.4) is 0 Å². The van der Waals surface area contributed by atoms with Gasteiger partial charge in [-0.15, -0.1) is 11.3 Å². The normalized spacial score (nSPS) is 46.4. The number of hydrogen-bond acceptors (Lipinski definition) is 5. The second-order valence-electron chi connectivity index (χ2n) is 9.91. The van der Waals surface area contributed by atoms with Crippen molar-refractivity contribution in [3.05, 3.63) is 22.7 Å². The molecule has 4 aliphatic rings. The molecule has 1 aromatic rings. The number of hydrogen-bond donors (Lipinski definition) is 2. The highest BCUT2D eigenvalue weighted by molar-refractivity contribution is 7.13. The summed E-state index contributed by atoms with van der Waals surface area (Å²) < 4.78 is 0. The van der Waals surface area contributed by atoms with E-state index in [0.717, 1.165) is 37.8 Å². The second-order valence-corrected chi connectivity index (χ2v) is 10.8. The summed E-state index contributed by atoms with van der Waals surface area (Å²) in [5.41, 5.74) is 8.47. The third kappa shape index (κ3) is 2.43. The molecule has 2 unspecified atom stereocenters. The third-order valence-corrected chi connectivity index (χ3v) is 9.48. The Balaban J connectivity index is 1.51. The van der Waals surface area contributed by atoms with Gasteiger partial charge in [-0.2, -0.15) is 0 Å². The Labute approximate surface area is 165 Å². The Bertz CT molecular complexity index is 817. The lowest BCUT2D eigenvalue weighted by atomic mass is 9.46. The van der Waals surface area contributed by atoms with Crippen molar-refractivity contribution >= 4 is 22.3 Å². The number of nitrogens with zero attached hydrogens (tertiary/aromatic N) is 1. The fraction of sp³-hybridized carbons (Fsp3) is 0.727. The van der Waals surface area contributed by atoms with Crippen LogP contribution >= 0.6 is 11.3 Å². The van der Waals surface area contributed by atoms with E-state index in [1.54, 1.807) is 0 Å². The van der Waals surface area contributed by atoms with Crippen LogP contribution in [0, 0.1) is 28.6 Å². The Morgan fingerprint density at radius 3 is 2.81 bits per heavy atom. The standard InChI is InChI=1S/C22H30N2O2S/c1-21-8-7-13(25)9-12(21)3-4-14-15-5-6-16(17-11-27-20(23)24-17)22(15,2)10-18(26)19(14)21/h9,11,14-16,18-19,26H,3-8,10H2,1-2H3,(H2,23,24)/t14-,15-,16?,18?,19+,21-,22-/m0/s1. The van der Waals surface area contributed by atoms with Gasteiger partial charge < -0.3 is 10.8 Å². The van der Waals surface area contributed by atoms with E-state index in [4.69, 9.17) is 5.73 Å². The molecule has 27 heavy (non-hydrogen) atoms. The summed E-state index contributed by atoms with van der Waals surface area (Å²) in [6.45, 7) is 4.71. The predicted molar refractivity (Wildman–Crippen MR) is 107 cm³/mol. The topological polar surface area (TPSA) is 76.2 Å². The molecule has 0 amide bonds. The number of anilines is 1. The van der Waals surface area contributed by atoms with Crippen LogP contribution in [0.15, 0.2) is 17.0 Å². The largest absolute Gasteiger partial charge is 0.393 e. The van der Waals surface area contributed by atoms with Gasteiger partial charge >= 0.3 is 0 Å². The smallest absolute Gasteiger partial charge is 0.180 e. The van der Waals surface area contributed by atoms with E-state index in [9.17, 15) is 9.90 Å². The molecule has 0 saturated heterocycles. The first-order chi connectivity index (χ1) is 12.8. The number of allylic oxidation sites excluding steroid dienone is 1. The van der Waals surface area contributed by atoms with Crippen LogP contribution in [0.1, 0.15) is 70.4 Å². The van der Waals surface area contributed by atoms with E-state index in [0.29, 0.717) is 35.2 Å². The first-order valence-corrected chi connectivity index (χ1v) is 11.3. The van der Waals surface area contributed by atoms with Crippen molar-refractivity contribution in [2.45, 2.75) is 70.8 Å². The molecule has 0 spiro atoms. The van der Waals surface area contributed by atoms with Gasteiger partial charge in [0.1, 0.15) is 0 Å². The van der Waals surface area contributed by atoms with Crippen LogP contribution in [0.25, 0.3) is 0 Å². The number of fused-ring (bicyclic) bond motifs is 5. The Kier molecular flexibility index (Phi) is 3.90. The lowest BCUT2D eigenvalue weighted by Crippen LogP contribution is -2.56. The first-order valence-electron chi connectivity index (χ1n) is 10.5. The first kappa shape index (κ1) is 17.9. The van der Waals surface area contributed by atoms with Crippen LogP contribution < -0.4 is 5.73 Å². The van der Waals surface area contributed by atoms with Gasteiger partial charge in [0.25, 0.3) is 0 Å². The minimum Gasteiger partial charge on any atom is -0.393 e. The summed E-state index contributed by atoms with van der Waals surface area (Å²) in [7, 11) is 0. The summed E-state index contributed by atoms with van der Waals surface area (Å²) in [6, 6.07) is 0. The number of thiazole rings is 1. The maximum absolute atomic E-state index is 12.0. The molecule has 0 aliphatic heterocycles. The highest BCUT2D eigenvalue weighted by Gasteiger charge is 2.62. The minimum absolute atomic E-state index is 0.000713. The van der Waals surface area contributed by atoms with Gasteiger partial charge in [0.2, 0.25) is 0 Å². The molecule has 5 heteroatoms. The van der Waals surface area contributed by atoms with E-state index < -0.39 is 0 Å². The van der Waals surface area contributed by atoms with E-state index in [-0.39, 0.29) is 22.7 Å². The maximum Gasteiger partial charge on any atom is 0.180 e. The van der Waals surface area contributed by atoms with Crippen molar-refractivity contribution < 1.29 is 9.90 Å². The summed E-state index contributed by atoms with van der Waals surface area (Å²) in [6.07, 6.45) is 8.52. The molecule has 7 atom stereocenters. The van der Waals surface area contributed by atoms with Gasteiger partial charge in [-0.25, -0.2) is 4.98 Å². The van der Waals surface area contributed by atoms with Crippen molar-refractivity contribution in [1.29, 1.82) is 0 Å². The summed E-state index contributed by atoms with van der Waals surface area (Å²) in [5, 5.41) is 14.2. The Morgan fingerprint density at radius 2 is 2.07 bits per heavy atom. The molecule has 3 saturated carbocycles. The molecule has 4 aliphatic carbocycles. The SMILES string of the molecule is C[C@]12CCC(=O)C=C1CC[C@@H]1[C@@H]2C(O)C[C@]2(C)C(c3csc(N)n3)CC[C@@H]12. The molecule has 0 radical (unpaired) electrons. The summed E-state index contributed by atoms with van der Waals surface area (Å²) in [5.74, 6) is 2.16. The molecule has 0 bridgehead atoms. The number of carbonyl (C=O) groups excluding carboxylic acids is 1. The second kappa shape index (κ2) is 5.90. The molecular weight excluding hydrogens is 356 g/mol. The number of aromatic nitrogens is 1. The molecular formula is C22H30N2O2S. The fourth-order valence-corrected chi connectivity index (χ4v) is 8.25. The van der Waals surface area contributed by atoms with Gasteiger partial charge in [-0.1, -0.05) is 19.4 Å². The molecule has 3 N–H and O–H groups in total. The van der Waals surface area contributed by atoms with Crippen LogP contribution in [0.5, 0.6) is 0 Å². The van der Waals surface area contributed by atoms with Gasteiger partial charge in [0.15, 0.2) is 10.9 Å². The van der Waals surface area contributed by atoms with Gasteiger partial charge in [-0.05, 0) is 73.2 Å². The van der Waals surface area contributed by atoms with Gasteiger partial charge in [-0.3, -0.25) is 4.79 Å². The molecule has 146 valence electrons. The van der Waals surface area contributed by atoms with E-state index in [1.807, 2.05) is 6.08 Å². The number of ketones is 1. The van der Waals surface area contributed by atoms with Crippen LogP contribution in [-0.4, -0.2) is 22.0 Å². The van der Waals surface area contributed by atoms with Gasteiger partial charge in [0.05, 0.1) is 11.8 Å². The lowest BCUT2D eigenvalue weighted by molar-refractivity contribution is -0.129. The number of aliphatic hydroxyl groups is 1. The predicted octanol–water partition coefficient (Wildman–Crippen LogP) is 4.31. The van der Waals surface area contributed by atoms with Crippen molar-refractivity contribution in [2.75, 3.05) is 5.73 Å². The molecule has 1 heterocycles. The Hall–Kier alpha value is -1.20. The quantitative estimate of drug-likeness (QED) is 0.754. The highest BCUT2D eigenvalue weighted by atomic mass is 32.1. The van der Waals surface area contributed by atoms with Gasteiger partial charge in [0, 0.05) is 17.7 Å². The van der Waals surface area contributed by atoms with Crippen LogP contribution in [-0.2, 0) is 4.79 Å². The summed E-state index contributed by atoms with van der Waals surface area (Å²) in [4.78, 5) is 16.6. The van der Waals surface area contributed by atoms with E-state index >= 15 is 0 Å². The average Bonchev–Trinajstić information content (AvgIpc) is 3.17. The highest BCUT2D eigenvalue weighted by Crippen LogP contribution is 2.68. The van der Waals surface area contributed by atoms with Crippen LogP contribution in [0.2, 0.25) is 0 Å². The molecule has 3 fully saturated rings. The minimum atomic E-state index is -0.297. The Morgan fingerprint density at radius 1 is 1.26 bits per heavy atom. The average molecular weight is 387 g/mol. The molecule has 5 rings (SSSR count). The zero-order chi connectivity index (χ0) is 19.0. The van der Waals surface area contributed by atoms with Crippen molar-refractivity contribution in [1.82, 2.24) is 4.98 Å². The number of carbonyl (C=O) groups is 1. The molecule has 4 nitrogen and oxygen atoms in total. The number of nitrogen functional groups attached to an aromatic ring is 1. The lowest BCUT2D eigenvalue weighted by Gasteiger charge is -2.59. The zero-order valence-corrected chi connectivity index (χ0v) is 17.1. The van der Waals surface area contributed by atoms with Crippen molar-refractivity contribution in [2.24, 2.45) is 28.6 Å². The fourth-order valence-electron chi connectivity index (χ4n) is 7.63. The van der Waals surface area contributed by atoms with E-state index in [1.165, 1.54) is 23.3 Å². The number of aliphatic hydroxyl groups excluding tert-OH is 1. The van der Waals surface area contributed by atoms with Crippen LogP contribution in [0.4, 0.5) is 5.13 Å². The third-order valence-electron chi connectivity index (χ3n) is 8.79. The number of nitrogens with two attached hydrogens (primary N) is 1. The monoisotopic (exact) mass is 386 g/mol. The molecule has 1 aromatic heterocycles. The summed E-state index contributed by atoms with van der Waals surface area (Å²) >= 11 is 1.53. The molecule has 0 aromatic carbocycles.